The molecule has 1 aliphatic carbocycles. The zero-order chi connectivity index (χ0) is 18.8. The molecule has 1 saturated carbocycles. The van der Waals surface area contributed by atoms with Crippen LogP contribution in [-0.2, 0) is 0 Å². The average Bonchev–Trinajstić information content (AvgIpc) is 3.29. The van der Waals surface area contributed by atoms with E-state index in [9.17, 15) is 0 Å². The van der Waals surface area contributed by atoms with Crippen molar-refractivity contribution in [1.82, 2.24) is 14.5 Å². The topological polar surface area (TPSA) is 46.0 Å². The number of nitrogens with zero attached hydrogens (tertiary/aromatic N) is 4. The van der Waals surface area contributed by atoms with Gasteiger partial charge in [-0.3, -0.25) is 0 Å². The molecule has 1 aliphatic heterocycles. The summed E-state index contributed by atoms with van der Waals surface area (Å²) in [5.74, 6) is 1.72. The molecule has 0 unspecified atom stereocenters. The van der Waals surface area contributed by atoms with Gasteiger partial charge in [0.1, 0.15) is 5.82 Å². The van der Waals surface area contributed by atoms with Crippen LogP contribution in [0.4, 0.5) is 17.5 Å². The zero-order valence-corrected chi connectivity index (χ0v) is 16.0. The number of nitrogens with one attached hydrogen (secondary N) is 1. The number of fused-ring (bicyclic) bond motifs is 1. The van der Waals surface area contributed by atoms with Gasteiger partial charge in [0.15, 0.2) is 0 Å². The van der Waals surface area contributed by atoms with Gasteiger partial charge in [-0.15, -0.1) is 0 Å². The molecule has 0 radical (unpaired) electrons. The minimum absolute atomic E-state index is 0.598. The van der Waals surface area contributed by atoms with Crippen molar-refractivity contribution in [2.24, 2.45) is 0 Å². The van der Waals surface area contributed by atoms with Gasteiger partial charge >= 0.3 is 0 Å². The number of rotatable bonds is 4. The van der Waals surface area contributed by atoms with Gasteiger partial charge in [-0.1, -0.05) is 31.4 Å². The summed E-state index contributed by atoms with van der Waals surface area (Å²) < 4.78 is 2.09. The van der Waals surface area contributed by atoms with Crippen molar-refractivity contribution in [3.63, 3.8) is 0 Å². The molecule has 0 bridgehead atoms. The lowest BCUT2D eigenvalue weighted by Crippen LogP contribution is -2.39. The van der Waals surface area contributed by atoms with Gasteiger partial charge in [0.2, 0.25) is 5.95 Å². The molecule has 1 aromatic carbocycles. The molecule has 3 aromatic rings. The van der Waals surface area contributed by atoms with Gasteiger partial charge in [-0.2, -0.15) is 4.98 Å². The monoisotopic (exact) mass is 371 g/mol. The van der Waals surface area contributed by atoms with Crippen LogP contribution in [0.5, 0.6) is 0 Å². The second-order valence-corrected chi connectivity index (χ2v) is 7.58. The van der Waals surface area contributed by atoms with Crippen molar-refractivity contribution in [3.8, 4) is 5.69 Å². The SMILES string of the molecule is C1=Cc2cnc(Nc3ccc(-n4cccc4)cc3)nc2N(C2CCCCC2)C1. The van der Waals surface area contributed by atoms with E-state index >= 15 is 0 Å². The van der Waals surface area contributed by atoms with Crippen molar-refractivity contribution in [1.29, 1.82) is 0 Å². The lowest BCUT2D eigenvalue weighted by Gasteiger charge is -2.37. The van der Waals surface area contributed by atoms with Gasteiger partial charge in [-0.25, -0.2) is 4.98 Å². The molecular formula is C23H25N5. The van der Waals surface area contributed by atoms with Crippen LogP contribution in [0.3, 0.4) is 0 Å². The van der Waals surface area contributed by atoms with Crippen LogP contribution in [0, 0.1) is 0 Å². The molecule has 0 atom stereocenters. The number of hydrogen-bond acceptors (Lipinski definition) is 4. The van der Waals surface area contributed by atoms with E-state index < -0.39 is 0 Å². The molecular weight excluding hydrogens is 346 g/mol. The summed E-state index contributed by atoms with van der Waals surface area (Å²) in [6.45, 7) is 0.944. The summed E-state index contributed by atoms with van der Waals surface area (Å²) in [5, 5.41) is 3.37. The van der Waals surface area contributed by atoms with Crippen molar-refractivity contribution in [3.05, 3.63) is 66.6 Å². The van der Waals surface area contributed by atoms with Crippen LogP contribution in [-0.4, -0.2) is 27.1 Å². The highest BCUT2D eigenvalue weighted by Gasteiger charge is 2.25. The molecule has 28 heavy (non-hydrogen) atoms. The molecule has 3 heterocycles. The standard InChI is InChI=1S/C23H25N5/c1-2-8-21(9-3-1)28-16-6-7-18-17-24-23(26-22(18)28)25-19-10-12-20(13-11-19)27-14-4-5-15-27/h4-7,10-15,17,21H,1-3,8-9,16H2,(H,24,25,26). The highest BCUT2D eigenvalue weighted by Crippen LogP contribution is 2.32. The Kier molecular flexibility index (Phi) is 4.57. The fraction of sp³-hybridized carbons (Fsp3) is 0.304. The molecule has 1 fully saturated rings. The lowest BCUT2D eigenvalue weighted by molar-refractivity contribution is 0.419. The minimum Gasteiger partial charge on any atom is -0.349 e. The van der Waals surface area contributed by atoms with Crippen LogP contribution in [0.2, 0.25) is 0 Å². The average molecular weight is 371 g/mol. The number of hydrogen-bond donors (Lipinski definition) is 1. The second-order valence-electron chi connectivity index (χ2n) is 7.58. The molecule has 5 heteroatoms. The number of aromatic nitrogens is 3. The van der Waals surface area contributed by atoms with E-state index in [-0.39, 0.29) is 0 Å². The van der Waals surface area contributed by atoms with E-state index in [0.29, 0.717) is 12.0 Å². The summed E-state index contributed by atoms with van der Waals surface area (Å²) in [6, 6.07) is 13.0. The van der Waals surface area contributed by atoms with Crippen LogP contribution >= 0.6 is 0 Å². The largest absolute Gasteiger partial charge is 0.349 e. The summed E-state index contributed by atoms with van der Waals surface area (Å²) in [5.41, 5.74) is 3.24. The Hall–Kier alpha value is -3.08. The van der Waals surface area contributed by atoms with Crippen molar-refractivity contribution in [2.45, 2.75) is 38.1 Å². The van der Waals surface area contributed by atoms with E-state index in [1.807, 2.05) is 30.7 Å². The van der Waals surface area contributed by atoms with E-state index in [1.165, 1.54) is 32.1 Å². The Bertz CT molecular complexity index is 953. The Labute approximate surface area is 165 Å². The highest BCUT2D eigenvalue weighted by molar-refractivity contribution is 5.69. The first-order valence-corrected chi connectivity index (χ1v) is 10.2. The third kappa shape index (κ3) is 3.40. The summed E-state index contributed by atoms with van der Waals surface area (Å²) in [4.78, 5) is 11.9. The van der Waals surface area contributed by atoms with E-state index in [1.54, 1.807) is 0 Å². The summed E-state index contributed by atoms with van der Waals surface area (Å²) in [7, 11) is 0. The van der Waals surface area contributed by atoms with Crippen LogP contribution in [0.25, 0.3) is 11.8 Å². The summed E-state index contributed by atoms with van der Waals surface area (Å²) >= 11 is 0. The molecule has 2 aliphatic rings. The van der Waals surface area contributed by atoms with Crippen molar-refractivity contribution < 1.29 is 0 Å². The van der Waals surface area contributed by atoms with Crippen LogP contribution in [0.1, 0.15) is 37.7 Å². The minimum atomic E-state index is 0.598. The van der Waals surface area contributed by atoms with Crippen molar-refractivity contribution >= 4 is 23.5 Å². The van der Waals surface area contributed by atoms with E-state index in [0.717, 1.165) is 29.3 Å². The zero-order valence-electron chi connectivity index (χ0n) is 16.0. The highest BCUT2D eigenvalue weighted by atomic mass is 15.3. The first-order chi connectivity index (χ1) is 13.9. The third-order valence-electron chi connectivity index (χ3n) is 5.71. The Morgan fingerprint density at radius 3 is 2.54 bits per heavy atom. The summed E-state index contributed by atoms with van der Waals surface area (Å²) in [6.07, 6.45) is 16.9. The predicted octanol–water partition coefficient (Wildman–Crippen LogP) is 5.18. The third-order valence-corrected chi connectivity index (χ3v) is 5.71. The molecule has 5 rings (SSSR count). The molecule has 0 spiro atoms. The maximum Gasteiger partial charge on any atom is 0.229 e. The van der Waals surface area contributed by atoms with E-state index in [4.69, 9.17) is 4.98 Å². The molecule has 0 saturated heterocycles. The Morgan fingerprint density at radius 2 is 1.75 bits per heavy atom. The fourth-order valence-electron chi connectivity index (χ4n) is 4.24. The maximum absolute atomic E-state index is 4.88. The van der Waals surface area contributed by atoms with Crippen LogP contribution < -0.4 is 10.2 Å². The predicted molar refractivity (Wildman–Crippen MR) is 114 cm³/mol. The fourth-order valence-corrected chi connectivity index (χ4v) is 4.24. The molecule has 1 N–H and O–H groups in total. The van der Waals surface area contributed by atoms with Gasteiger partial charge in [-0.05, 0) is 49.2 Å². The first-order valence-electron chi connectivity index (χ1n) is 10.2. The normalized spacial score (nSPS) is 16.8. The van der Waals surface area contributed by atoms with Crippen LogP contribution in [0.15, 0.2) is 61.1 Å². The van der Waals surface area contributed by atoms with Gasteiger partial charge in [0.25, 0.3) is 0 Å². The Balaban J connectivity index is 1.37. The quantitative estimate of drug-likeness (QED) is 0.687. The Morgan fingerprint density at radius 1 is 0.964 bits per heavy atom. The van der Waals surface area contributed by atoms with Gasteiger partial charge in [0, 0.05) is 48.1 Å². The van der Waals surface area contributed by atoms with Gasteiger partial charge < -0.3 is 14.8 Å². The smallest absolute Gasteiger partial charge is 0.229 e. The molecule has 0 amide bonds. The maximum atomic E-state index is 4.88. The lowest BCUT2D eigenvalue weighted by atomic mass is 9.93. The van der Waals surface area contributed by atoms with Gasteiger partial charge in [0.05, 0.1) is 0 Å². The van der Waals surface area contributed by atoms with Crippen molar-refractivity contribution in [2.75, 3.05) is 16.8 Å². The number of anilines is 3. The molecule has 2 aromatic heterocycles. The second kappa shape index (κ2) is 7.50. The molecule has 142 valence electrons. The first kappa shape index (κ1) is 17.0. The molecule has 5 nitrogen and oxygen atoms in total. The number of benzene rings is 1. The van der Waals surface area contributed by atoms with E-state index in [2.05, 4.69) is 56.2 Å².